The van der Waals surface area contributed by atoms with Gasteiger partial charge in [-0.2, -0.15) is 5.11 Å². The molecule has 0 amide bonds. The van der Waals surface area contributed by atoms with Gasteiger partial charge >= 0.3 is 0 Å². The number of nitrogens with zero attached hydrogens (tertiary/aromatic N) is 5. The molecule has 1 atom stereocenters. The van der Waals surface area contributed by atoms with E-state index in [-0.39, 0.29) is 11.5 Å². The number of azo groups is 2. The molecule has 252 valence electrons. The van der Waals surface area contributed by atoms with Gasteiger partial charge in [0.25, 0.3) is 0 Å². The zero-order chi connectivity index (χ0) is 34.3. The molecule has 0 aromatic heterocycles. The van der Waals surface area contributed by atoms with E-state index in [1.54, 1.807) is 26.4 Å². The number of benzene rings is 3. The number of carbonyl (C=O) groups excluding carboxylic acids is 1. The van der Waals surface area contributed by atoms with Crippen molar-refractivity contribution in [1.82, 2.24) is 0 Å². The Morgan fingerprint density at radius 2 is 1.49 bits per heavy atom. The number of hydrogen-bond acceptors (Lipinski definition) is 9. The molecule has 0 radical (unpaired) electrons. The molecule has 3 aromatic rings. The molecule has 1 unspecified atom stereocenters. The van der Waals surface area contributed by atoms with E-state index in [9.17, 15) is 4.79 Å². The highest BCUT2D eigenvalue weighted by Crippen LogP contribution is 2.50. The largest absolute Gasteiger partial charge is 0.494 e. The summed E-state index contributed by atoms with van der Waals surface area (Å²) in [6.45, 7) is 15.4. The summed E-state index contributed by atoms with van der Waals surface area (Å²) in [5.74, 6) is 2.45. The molecule has 9 nitrogen and oxygen atoms in total. The van der Waals surface area contributed by atoms with Gasteiger partial charge in [-0.05, 0) is 83.1 Å². The Labute approximate surface area is 280 Å². The predicted molar refractivity (Wildman–Crippen MR) is 190 cm³/mol. The number of ether oxygens (including phenoxy) is 3. The van der Waals surface area contributed by atoms with Gasteiger partial charge in [-0.15, -0.1) is 15.3 Å². The number of anilines is 1. The van der Waals surface area contributed by atoms with E-state index in [0.717, 1.165) is 48.2 Å². The van der Waals surface area contributed by atoms with E-state index in [4.69, 9.17) is 19.3 Å². The average molecular weight is 642 g/mol. The van der Waals surface area contributed by atoms with Crippen LogP contribution in [-0.2, 0) is 4.79 Å². The minimum Gasteiger partial charge on any atom is -0.494 e. The van der Waals surface area contributed by atoms with E-state index < -0.39 is 0 Å². The minimum absolute atomic E-state index is 0.00287. The monoisotopic (exact) mass is 641 g/mol. The Morgan fingerprint density at radius 3 is 2.09 bits per heavy atom. The number of aryl methyl sites for hydroxylation is 1. The van der Waals surface area contributed by atoms with Crippen molar-refractivity contribution in [1.29, 1.82) is 0 Å². The molecule has 0 spiro atoms. The van der Waals surface area contributed by atoms with E-state index in [2.05, 4.69) is 61.1 Å². The summed E-state index contributed by atoms with van der Waals surface area (Å²) in [6, 6.07) is 13.4. The first-order valence-corrected chi connectivity index (χ1v) is 16.6. The summed E-state index contributed by atoms with van der Waals surface area (Å²) in [6.07, 6.45) is 4.27. The van der Waals surface area contributed by atoms with Crippen LogP contribution in [-0.4, -0.2) is 39.2 Å². The first kappa shape index (κ1) is 35.6. The van der Waals surface area contributed by atoms with Gasteiger partial charge in [0.2, 0.25) is 0 Å². The average Bonchev–Trinajstić information content (AvgIpc) is 3.04. The molecular weight excluding hydrogens is 590 g/mol. The van der Waals surface area contributed by atoms with Gasteiger partial charge in [-0.1, -0.05) is 38.5 Å². The lowest BCUT2D eigenvalue weighted by atomic mass is 9.79. The fourth-order valence-electron chi connectivity index (χ4n) is 6.07. The highest BCUT2D eigenvalue weighted by Gasteiger charge is 2.36. The van der Waals surface area contributed by atoms with Gasteiger partial charge in [0, 0.05) is 48.3 Å². The van der Waals surface area contributed by atoms with Crippen LogP contribution < -0.4 is 19.1 Å². The van der Waals surface area contributed by atoms with Crippen LogP contribution in [0, 0.1) is 19.8 Å². The second-order valence-electron chi connectivity index (χ2n) is 13.5. The number of ketones is 1. The molecular formula is C38H51N5O4. The summed E-state index contributed by atoms with van der Waals surface area (Å²) in [5, 5.41) is 18.2. The molecule has 1 aliphatic heterocycles. The van der Waals surface area contributed by atoms with E-state index in [1.165, 1.54) is 11.3 Å². The van der Waals surface area contributed by atoms with Gasteiger partial charge < -0.3 is 19.1 Å². The van der Waals surface area contributed by atoms with Crippen LogP contribution in [0.1, 0.15) is 89.3 Å². The number of rotatable bonds is 14. The third kappa shape index (κ3) is 8.56. The van der Waals surface area contributed by atoms with Gasteiger partial charge in [0.05, 0.1) is 26.5 Å². The molecule has 0 saturated heterocycles. The lowest BCUT2D eigenvalue weighted by Crippen LogP contribution is -2.46. The molecule has 0 fully saturated rings. The number of unbranched alkanes of at least 4 members (excludes halogenated alkanes) is 2. The summed E-state index contributed by atoms with van der Waals surface area (Å²) >= 11 is 0. The van der Waals surface area contributed by atoms with Crippen LogP contribution in [0.15, 0.2) is 62.9 Å². The van der Waals surface area contributed by atoms with Crippen molar-refractivity contribution in [2.45, 2.75) is 92.0 Å². The molecule has 47 heavy (non-hydrogen) atoms. The summed E-state index contributed by atoms with van der Waals surface area (Å²) in [4.78, 5) is 14.4. The van der Waals surface area contributed by atoms with Crippen molar-refractivity contribution < 1.29 is 19.0 Å². The number of Topliss-reactive ketones (excluding diaryl/α,β-unsaturated/α-hetero) is 1. The number of carbonyl (C=O) groups is 1. The zero-order valence-corrected chi connectivity index (χ0v) is 29.8. The number of methoxy groups -OCH3 is 2. The van der Waals surface area contributed by atoms with Crippen LogP contribution >= 0.6 is 0 Å². The standard InChI is InChI=1S/C38H51N5O4/c1-24(2)33(44)14-12-11-13-19-47-37-27(5)36-29(26(4)23-38(6,7)43(36)8)20-32(37)42-41-31-22-34(45-9)30(21-35(31)46-10)40-39-28-17-15-25(3)16-18-28/h15-18,20-22,24,26H,11-14,19,23H2,1-10H3. The van der Waals surface area contributed by atoms with Crippen molar-refractivity contribution in [2.24, 2.45) is 26.4 Å². The summed E-state index contributed by atoms with van der Waals surface area (Å²) in [5.41, 5.74) is 7.05. The second-order valence-corrected chi connectivity index (χ2v) is 13.5. The lowest BCUT2D eigenvalue weighted by molar-refractivity contribution is -0.122. The Balaban J connectivity index is 1.66. The third-order valence-corrected chi connectivity index (χ3v) is 9.09. The molecule has 0 saturated carbocycles. The van der Waals surface area contributed by atoms with Gasteiger partial charge in [-0.3, -0.25) is 4.79 Å². The smallest absolute Gasteiger partial charge is 0.151 e. The van der Waals surface area contributed by atoms with Crippen molar-refractivity contribution in [3.8, 4) is 17.2 Å². The first-order chi connectivity index (χ1) is 22.4. The summed E-state index contributed by atoms with van der Waals surface area (Å²) < 4.78 is 17.8. The highest BCUT2D eigenvalue weighted by atomic mass is 16.5. The summed E-state index contributed by atoms with van der Waals surface area (Å²) in [7, 11) is 5.33. The number of fused-ring (bicyclic) bond motifs is 1. The van der Waals surface area contributed by atoms with Gasteiger partial charge in [-0.25, -0.2) is 0 Å². The number of hydrogen-bond donors (Lipinski definition) is 0. The minimum atomic E-state index is 0.00287. The molecule has 0 aliphatic carbocycles. The fourth-order valence-corrected chi connectivity index (χ4v) is 6.07. The van der Waals surface area contributed by atoms with Crippen molar-refractivity contribution >= 4 is 34.2 Å². The van der Waals surface area contributed by atoms with Crippen molar-refractivity contribution in [3.05, 3.63) is 59.2 Å². The molecule has 0 N–H and O–H groups in total. The first-order valence-electron chi connectivity index (χ1n) is 16.6. The third-order valence-electron chi connectivity index (χ3n) is 9.09. The normalized spacial score (nSPS) is 15.8. The Morgan fingerprint density at radius 1 is 0.894 bits per heavy atom. The predicted octanol–water partition coefficient (Wildman–Crippen LogP) is 11.0. The molecule has 0 bridgehead atoms. The van der Waals surface area contributed by atoms with Crippen LogP contribution in [0.25, 0.3) is 0 Å². The molecule has 1 heterocycles. The fraction of sp³-hybridized carbons (Fsp3) is 0.500. The lowest BCUT2D eigenvalue weighted by Gasteiger charge is -2.46. The van der Waals surface area contributed by atoms with Crippen LogP contribution in [0.2, 0.25) is 0 Å². The quantitative estimate of drug-likeness (QED) is 0.129. The van der Waals surface area contributed by atoms with Crippen LogP contribution in [0.4, 0.5) is 28.4 Å². The molecule has 4 rings (SSSR count). The second kappa shape index (κ2) is 15.5. The zero-order valence-electron chi connectivity index (χ0n) is 29.8. The van der Waals surface area contributed by atoms with Gasteiger partial charge in [0.15, 0.2) is 5.75 Å². The van der Waals surface area contributed by atoms with Crippen molar-refractivity contribution in [3.63, 3.8) is 0 Å². The van der Waals surface area contributed by atoms with E-state index in [0.29, 0.717) is 53.3 Å². The Hall–Kier alpha value is -4.27. The highest BCUT2D eigenvalue weighted by molar-refractivity contribution is 5.80. The van der Waals surface area contributed by atoms with Crippen LogP contribution in [0.5, 0.6) is 17.2 Å². The Kier molecular flexibility index (Phi) is 11.8. The maximum Gasteiger partial charge on any atom is 0.151 e. The SMILES string of the molecule is COc1cc(N=Nc2cc3c(c(C)c2OCCCCCC(=O)C(C)C)N(C)C(C)(C)CC3C)c(OC)cc1N=Nc1ccc(C)cc1. The maximum absolute atomic E-state index is 12.0. The van der Waals surface area contributed by atoms with E-state index >= 15 is 0 Å². The Bertz CT molecular complexity index is 1610. The van der Waals surface area contributed by atoms with Crippen molar-refractivity contribution in [2.75, 3.05) is 32.8 Å². The van der Waals surface area contributed by atoms with E-state index in [1.807, 2.05) is 45.0 Å². The topological polar surface area (TPSA) is 97.4 Å². The molecule has 3 aromatic carbocycles. The van der Waals surface area contributed by atoms with Gasteiger partial charge in [0.1, 0.15) is 34.3 Å². The molecule has 9 heteroatoms. The van der Waals surface area contributed by atoms with Crippen LogP contribution in [0.3, 0.4) is 0 Å². The maximum atomic E-state index is 12.0. The molecule has 1 aliphatic rings.